The summed E-state index contributed by atoms with van der Waals surface area (Å²) in [6.45, 7) is 4.33. The van der Waals surface area contributed by atoms with Crippen molar-refractivity contribution in [1.29, 1.82) is 0 Å². The molecule has 1 fully saturated rings. The molecule has 1 aromatic heterocycles. The SMILES string of the molecule is COc1ccc(C(C)(C)Cc2c[nH]c(=O)[nH]2)cc1OC1CCCC1. The Hall–Kier alpha value is -2.17. The van der Waals surface area contributed by atoms with E-state index in [2.05, 4.69) is 35.9 Å². The number of benzene rings is 1. The second-order valence-corrected chi connectivity index (χ2v) is 7.22. The molecular formula is C19H26N2O3. The first kappa shape index (κ1) is 16.7. The van der Waals surface area contributed by atoms with Crippen LogP contribution >= 0.6 is 0 Å². The normalized spacial score (nSPS) is 15.6. The van der Waals surface area contributed by atoms with Crippen LogP contribution in [0.1, 0.15) is 50.8 Å². The van der Waals surface area contributed by atoms with Crippen molar-refractivity contribution < 1.29 is 9.47 Å². The molecule has 1 saturated carbocycles. The van der Waals surface area contributed by atoms with E-state index in [9.17, 15) is 4.79 Å². The maximum Gasteiger partial charge on any atom is 0.323 e. The van der Waals surface area contributed by atoms with Crippen molar-refractivity contribution in [1.82, 2.24) is 9.97 Å². The molecule has 3 rings (SSSR count). The summed E-state index contributed by atoms with van der Waals surface area (Å²) in [6.07, 6.45) is 7.46. The molecule has 0 radical (unpaired) electrons. The van der Waals surface area contributed by atoms with Gasteiger partial charge in [-0.3, -0.25) is 0 Å². The van der Waals surface area contributed by atoms with Crippen LogP contribution in [-0.4, -0.2) is 23.2 Å². The highest BCUT2D eigenvalue weighted by molar-refractivity contribution is 5.45. The van der Waals surface area contributed by atoms with Crippen molar-refractivity contribution in [3.63, 3.8) is 0 Å². The lowest BCUT2D eigenvalue weighted by molar-refractivity contribution is 0.200. The number of imidazole rings is 1. The Kier molecular flexibility index (Phi) is 4.69. The fraction of sp³-hybridized carbons (Fsp3) is 0.526. The molecule has 1 aliphatic rings. The van der Waals surface area contributed by atoms with Gasteiger partial charge in [-0.2, -0.15) is 0 Å². The number of hydrogen-bond donors (Lipinski definition) is 2. The number of aromatic amines is 2. The summed E-state index contributed by atoms with van der Waals surface area (Å²) in [5, 5.41) is 0. The standard InChI is InChI=1S/C19H26N2O3/c1-19(2,11-14-12-20-18(22)21-14)13-8-9-16(23-3)17(10-13)24-15-6-4-5-7-15/h8-10,12,15H,4-7,11H2,1-3H3,(H2,20,21,22). The van der Waals surface area contributed by atoms with Gasteiger partial charge < -0.3 is 19.4 Å². The van der Waals surface area contributed by atoms with Crippen molar-refractivity contribution in [2.45, 2.75) is 57.5 Å². The van der Waals surface area contributed by atoms with Crippen molar-refractivity contribution >= 4 is 0 Å². The monoisotopic (exact) mass is 330 g/mol. The molecule has 24 heavy (non-hydrogen) atoms. The average Bonchev–Trinajstić information content (AvgIpc) is 3.19. The third kappa shape index (κ3) is 3.66. The second kappa shape index (κ2) is 6.75. The average molecular weight is 330 g/mol. The molecule has 0 saturated heterocycles. The zero-order valence-corrected chi connectivity index (χ0v) is 14.6. The lowest BCUT2D eigenvalue weighted by atomic mass is 9.80. The van der Waals surface area contributed by atoms with E-state index < -0.39 is 0 Å². The van der Waals surface area contributed by atoms with Gasteiger partial charge in [-0.1, -0.05) is 19.9 Å². The van der Waals surface area contributed by atoms with Gasteiger partial charge in [0.15, 0.2) is 11.5 Å². The van der Waals surface area contributed by atoms with Gasteiger partial charge >= 0.3 is 5.69 Å². The highest BCUT2D eigenvalue weighted by Gasteiger charge is 2.25. The molecule has 0 atom stereocenters. The molecule has 5 nitrogen and oxygen atoms in total. The van der Waals surface area contributed by atoms with Crippen LogP contribution in [-0.2, 0) is 11.8 Å². The Morgan fingerprint density at radius 3 is 2.58 bits per heavy atom. The predicted octanol–water partition coefficient (Wildman–Crippen LogP) is 3.55. The molecule has 2 aromatic rings. The minimum absolute atomic E-state index is 0.134. The molecule has 5 heteroatoms. The molecule has 1 heterocycles. The highest BCUT2D eigenvalue weighted by atomic mass is 16.5. The van der Waals surface area contributed by atoms with Crippen molar-refractivity contribution in [3.8, 4) is 11.5 Å². The first-order valence-electron chi connectivity index (χ1n) is 8.60. The molecule has 130 valence electrons. The smallest absolute Gasteiger partial charge is 0.323 e. The number of hydrogen-bond acceptors (Lipinski definition) is 3. The van der Waals surface area contributed by atoms with Gasteiger partial charge in [-0.15, -0.1) is 0 Å². The van der Waals surface area contributed by atoms with E-state index in [-0.39, 0.29) is 11.1 Å². The summed E-state index contributed by atoms with van der Waals surface area (Å²) in [6, 6.07) is 6.13. The number of ether oxygens (including phenoxy) is 2. The van der Waals surface area contributed by atoms with Gasteiger partial charge in [0.05, 0.1) is 13.2 Å². The zero-order valence-electron chi connectivity index (χ0n) is 14.6. The molecule has 0 bridgehead atoms. The summed E-state index contributed by atoms with van der Waals surface area (Å²) in [4.78, 5) is 16.8. The third-order valence-corrected chi connectivity index (χ3v) is 4.82. The predicted molar refractivity (Wildman–Crippen MR) is 94.0 cm³/mol. The third-order valence-electron chi connectivity index (χ3n) is 4.82. The number of rotatable bonds is 6. The van der Waals surface area contributed by atoms with E-state index in [0.29, 0.717) is 6.10 Å². The van der Waals surface area contributed by atoms with E-state index in [1.54, 1.807) is 13.3 Å². The first-order valence-corrected chi connectivity index (χ1v) is 8.60. The van der Waals surface area contributed by atoms with Crippen LogP contribution in [0.5, 0.6) is 11.5 Å². The summed E-state index contributed by atoms with van der Waals surface area (Å²) in [5.41, 5.74) is 1.77. The molecular weight excluding hydrogens is 304 g/mol. The Labute approximate surface area is 142 Å². The van der Waals surface area contributed by atoms with Gasteiger partial charge in [-0.05, 0) is 55.2 Å². The Balaban J connectivity index is 1.84. The molecule has 1 aromatic carbocycles. The van der Waals surface area contributed by atoms with E-state index in [1.165, 1.54) is 18.4 Å². The van der Waals surface area contributed by atoms with Crippen LogP contribution in [0.2, 0.25) is 0 Å². The number of aromatic nitrogens is 2. The maximum atomic E-state index is 11.3. The van der Waals surface area contributed by atoms with Gasteiger partial charge in [0.1, 0.15) is 0 Å². The van der Waals surface area contributed by atoms with Crippen molar-refractivity contribution in [3.05, 3.63) is 46.1 Å². The second-order valence-electron chi connectivity index (χ2n) is 7.22. The lowest BCUT2D eigenvalue weighted by Gasteiger charge is -2.26. The molecule has 0 aliphatic heterocycles. The van der Waals surface area contributed by atoms with Gasteiger partial charge in [0, 0.05) is 11.9 Å². The highest BCUT2D eigenvalue weighted by Crippen LogP contribution is 2.36. The largest absolute Gasteiger partial charge is 0.493 e. The Morgan fingerprint density at radius 1 is 1.21 bits per heavy atom. The summed E-state index contributed by atoms with van der Waals surface area (Å²) in [5.74, 6) is 1.59. The van der Waals surface area contributed by atoms with Crippen LogP contribution in [0.15, 0.2) is 29.2 Å². The summed E-state index contributed by atoms with van der Waals surface area (Å²) >= 11 is 0. The maximum absolute atomic E-state index is 11.3. The Morgan fingerprint density at radius 2 is 1.96 bits per heavy atom. The molecule has 0 spiro atoms. The van der Waals surface area contributed by atoms with Crippen LogP contribution in [0.25, 0.3) is 0 Å². The molecule has 2 N–H and O–H groups in total. The fourth-order valence-corrected chi connectivity index (χ4v) is 3.42. The lowest BCUT2D eigenvalue weighted by Crippen LogP contribution is -2.22. The van der Waals surface area contributed by atoms with Gasteiger partial charge in [-0.25, -0.2) is 4.79 Å². The van der Waals surface area contributed by atoms with E-state index in [4.69, 9.17) is 9.47 Å². The number of methoxy groups -OCH3 is 1. The quantitative estimate of drug-likeness (QED) is 0.851. The minimum Gasteiger partial charge on any atom is -0.493 e. The molecule has 0 unspecified atom stereocenters. The molecule has 1 aliphatic carbocycles. The van der Waals surface area contributed by atoms with Crippen molar-refractivity contribution in [2.75, 3.05) is 7.11 Å². The summed E-state index contributed by atoms with van der Waals surface area (Å²) < 4.78 is 11.7. The van der Waals surface area contributed by atoms with E-state index in [0.717, 1.165) is 36.5 Å². The van der Waals surface area contributed by atoms with E-state index >= 15 is 0 Å². The molecule has 0 amide bonds. The number of nitrogens with one attached hydrogen (secondary N) is 2. The zero-order chi connectivity index (χ0) is 17.2. The van der Waals surface area contributed by atoms with Crippen LogP contribution < -0.4 is 15.2 Å². The number of H-pyrrole nitrogens is 2. The Bertz CT molecular complexity index is 739. The van der Waals surface area contributed by atoms with Gasteiger partial charge in [0.25, 0.3) is 0 Å². The van der Waals surface area contributed by atoms with Gasteiger partial charge in [0.2, 0.25) is 0 Å². The van der Waals surface area contributed by atoms with Crippen LogP contribution in [0.3, 0.4) is 0 Å². The topological polar surface area (TPSA) is 67.1 Å². The van der Waals surface area contributed by atoms with Crippen LogP contribution in [0.4, 0.5) is 0 Å². The minimum atomic E-state index is -0.166. The summed E-state index contributed by atoms with van der Waals surface area (Å²) in [7, 11) is 1.67. The first-order chi connectivity index (χ1) is 11.5. The fourth-order valence-electron chi connectivity index (χ4n) is 3.42. The van der Waals surface area contributed by atoms with E-state index in [1.807, 2.05) is 6.07 Å². The van der Waals surface area contributed by atoms with Crippen LogP contribution in [0, 0.1) is 0 Å². The van der Waals surface area contributed by atoms with Crippen molar-refractivity contribution in [2.24, 2.45) is 0 Å².